The van der Waals surface area contributed by atoms with Gasteiger partial charge in [0.25, 0.3) is 0 Å². The standard InChI is InChI=1S/C20H26N2O4S/c1-27(24,25)14-12-19(21)20(23)22-13-11-16-7-9-18(10-8-16)26-15-17-5-3-2-4-6-17/h2-10,19H,11-15,21H2,1H3,(H,22,23). The lowest BCUT2D eigenvalue weighted by Crippen LogP contribution is -2.42. The molecule has 2 aromatic rings. The Morgan fingerprint density at radius 3 is 2.37 bits per heavy atom. The number of benzene rings is 2. The van der Waals surface area contributed by atoms with Crippen LogP contribution in [0.2, 0.25) is 0 Å². The summed E-state index contributed by atoms with van der Waals surface area (Å²) in [5.74, 6) is 0.363. The molecule has 146 valence electrons. The van der Waals surface area contributed by atoms with Crippen LogP contribution in [-0.4, -0.2) is 38.9 Å². The predicted molar refractivity (Wildman–Crippen MR) is 106 cm³/mol. The number of sulfone groups is 1. The van der Waals surface area contributed by atoms with Crippen molar-refractivity contribution in [3.8, 4) is 5.75 Å². The monoisotopic (exact) mass is 390 g/mol. The fourth-order valence-corrected chi connectivity index (χ4v) is 3.11. The molecule has 0 saturated heterocycles. The third-order valence-electron chi connectivity index (χ3n) is 4.02. The van der Waals surface area contributed by atoms with E-state index < -0.39 is 15.9 Å². The third kappa shape index (κ3) is 8.23. The minimum absolute atomic E-state index is 0.0912. The highest BCUT2D eigenvalue weighted by atomic mass is 32.2. The molecule has 0 saturated carbocycles. The summed E-state index contributed by atoms with van der Waals surface area (Å²) in [7, 11) is -3.11. The summed E-state index contributed by atoms with van der Waals surface area (Å²) in [6.07, 6.45) is 1.91. The SMILES string of the molecule is CS(=O)(=O)CCC(N)C(=O)NCCc1ccc(OCc2ccccc2)cc1. The smallest absolute Gasteiger partial charge is 0.236 e. The van der Waals surface area contributed by atoms with Crippen molar-refractivity contribution in [2.24, 2.45) is 5.73 Å². The van der Waals surface area contributed by atoms with E-state index in [1.807, 2.05) is 54.6 Å². The fraction of sp³-hybridized carbons (Fsp3) is 0.350. The second-order valence-corrected chi connectivity index (χ2v) is 8.74. The number of rotatable bonds is 10. The van der Waals surface area contributed by atoms with Crippen LogP contribution < -0.4 is 15.8 Å². The molecule has 1 unspecified atom stereocenters. The van der Waals surface area contributed by atoms with Crippen molar-refractivity contribution in [2.45, 2.75) is 25.5 Å². The van der Waals surface area contributed by atoms with Crippen molar-refractivity contribution < 1.29 is 17.9 Å². The van der Waals surface area contributed by atoms with Crippen LogP contribution in [0.25, 0.3) is 0 Å². The first-order valence-electron chi connectivity index (χ1n) is 8.80. The molecule has 0 aliphatic heterocycles. The molecule has 0 heterocycles. The molecule has 1 amide bonds. The number of hydrogen-bond donors (Lipinski definition) is 2. The van der Waals surface area contributed by atoms with Crippen LogP contribution in [0.5, 0.6) is 5.75 Å². The molecule has 0 bridgehead atoms. The minimum atomic E-state index is -3.11. The van der Waals surface area contributed by atoms with Crippen LogP contribution in [-0.2, 0) is 27.7 Å². The molecule has 0 fully saturated rings. The minimum Gasteiger partial charge on any atom is -0.489 e. The topological polar surface area (TPSA) is 98.5 Å². The van der Waals surface area contributed by atoms with Gasteiger partial charge in [-0.3, -0.25) is 4.79 Å². The number of amides is 1. The summed E-state index contributed by atoms with van der Waals surface area (Å²) < 4.78 is 28.0. The van der Waals surface area contributed by atoms with Crippen molar-refractivity contribution >= 4 is 15.7 Å². The Morgan fingerprint density at radius 1 is 1.07 bits per heavy atom. The van der Waals surface area contributed by atoms with Gasteiger partial charge < -0.3 is 15.8 Å². The molecule has 0 radical (unpaired) electrons. The zero-order chi connectivity index (χ0) is 19.7. The Kier molecular flexibility index (Phi) is 7.82. The van der Waals surface area contributed by atoms with E-state index in [2.05, 4.69) is 5.32 Å². The molecule has 0 spiro atoms. The first kappa shape index (κ1) is 20.9. The van der Waals surface area contributed by atoms with Crippen LogP contribution in [0.1, 0.15) is 17.5 Å². The molecule has 0 aliphatic rings. The lowest BCUT2D eigenvalue weighted by molar-refractivity contribution is -0.122. The van der Waals surface area contributed by atoms with E-state index in [1.165, 1.54) is 0 Å². The summed E-state index contributed by atoms with van der Waals surface area (Å²) >= 11 is 0. The van der Waals surface area contributed by atoms with Crippen molar-refractivity contribution in [3.63, 3.8) is 0 Å². The van der Waals surface area contributed by atoms with Gasteiger partial charge >= 0.3 is 0 Å². The highest BCUT2D eigenvalue weighted by molar-refractivity contribution is 7.90. The first-order valence-corrected chi connectivity index (χ1v) is 10.9. The van der Waals surface area contributed by atoms with E-state index in [4.69, 9.17) is 10.5 Å². The van der Waals surface area contributed by atoms with Gasteiger partial charge in [0.2, 0.25) is 5.91 Å². The molecule has 0 aromatic heterocycles. The molecule has 3 N–H and O–H groups in total. The summed E-state index contributed by atoms with van der Waals surface area (Å²) in [6, 6.07) is 16.8. The number of carbonyl (C=O) groups excluding carboxylic acids is 1. The number of nitrogens with one attached hydrogen (secondary N) is 1. The molecule has 6 nitrogen and oxygen atoms in total. The van der Waals surface area contributed by atoms with E-state index in [9.17, 15) is 13.2 Å². The van der Waals surface area contributed by atoms with E-state index in [0.29, 0.717) is 19.6 Å². The highest BCUT2D eigenvalue weighted by Gasteiger charge is 2.15. The van der Waals surface area contributed by atoms with Gasteiger partial charge in [-0.15, -0.1) is 0 Å². The molecular weight excluding hydrogens is 364 g/mol. The van der Waals surface area contributed by atoms with E-state index in [-0.39, 0.29) is 18.1 Å². The van der Waals surface area contributed by atoms with Crippen LogP contribution >= 0.6 is 0 Å². The maximum atomic E-state index is 11.9. The number of hydrogen-bond acceptors (Lipinski definition) is 5. The summed E-state index contributed by atoms with van der Waals surface area (Å²) in [6.45, 7) is 0.956. The Morgan fingerprint density at radius 2 is 1.74 bits per heavy atom. The second kappa shape index (κ2) is 10.1. The van der Waals surface area contributed by atoms with Crippen LogP contribution in [0.4, 0.5) is 0 Å². The van der Waals surface area contributed by atoms with Crippen molar-refractivity contribution in [1.82, 2.24) is 5.32 Å². The molecule has 0 aliphatic carbocycles. The molecule has 2 aromatic carbocycles. The van der Waals surface area contributed by atoms with Crippen LogP contribution in [0, 0.1) is 0 Å². The molecular formula is C20H26N2O4S. The zero-order valence-corrected chi connectivity index (χ0v) is 16.2. The van der Waals surface area contributed by atoms with Gasteiger partial charge in [-0.2, -0.15) is 0 Å². The molecule has 1 atom stereocenters. The van der Waals surface area contributed by atoms with Gasteiger partial charge in [-0.25, -0.2) is 8.42 Å². The fourth-order valence-electron chi connectivity index (χ4n) is 2.43. The van der Waals surface area contributed by atoms with Gasteiger partial charge in [0.1, 0.15) is 22.2 Å². The van der Waals surface area contributed by atoms with Gasteiger partial charge in [0.15, 0.2) is 0 Å². The Balaban J connectivity index is 1.71. The normalized spacial score (nSPS) is 12.4. The second-order valence-electron chi connectivity index (χ2n) is 6.48. The maximum Gasteiger partial charge on any atom is 0.236 e. The summed E-state index contributed by atoms with van der Waals surface area (Å²) in [5, 5.41) is 2.74. The van der Waals surface area contributed by atoms with Gasteiger partial charge in [0, 0.05) is 12.8 Å². The van der Waals surface area contributed by atoms with Crippen LogP contribution in [0.15, 0.2) is 54.6 Å². The van der Waals surface area contributed by atoms with Crippen molar-refractivity contribution in [3.05, 3.63) is 65.7 Å². The van der Waals surface area contributed by atoms with Crippen molar-refractivity contribution in [2.75, 3.05) is 18.6 Å². The number of nitrogens with two attached hydrogens (primary N) is 1. The average molecular weight is 391 g/mol. The quantitative estimate of drug-likeness (QED) is 0.643. The van der Waals surface area contributed by atoms with E-state index >= 15 is 0 Å². The highest BCUT2D eigenvalue weighted by Crippen LogP contribution is 2.14. The summed E-state index contributed by atoms with van der Waals surface area (Å²) in [5.41, 5.74) is 7.88. The Labute approximate surface area is 160 Å². The number of carbonyl (C=O) groups is 1. The summed E-state index contributed by atoms with van der Waals surface area (Å²) in [4.78, 5) is 11.9. The molecule has 7 heteroatoms. The molecule has 2 rings (SSSR count). The number of ether oxygens (including phenoxy) is 1. The lowest BCUT2D eigenvalue weighted by Gasteiger charge is -2.12. The third-order valence-corrected chi connectivity index (χ3v) is 5.00. The molecule has 27 heavy (non-hydrogen) atoms. The van der Waals surface area contributed by atoms with E-state index in [0.717, 1.165) is 23.1 Å². The Hall–Kier alpha value is -2.38. The largest absolute Gasteiger partial charge is 0.489 e. The average Bonchev–Trinajstić information content (AvgIpc) is 2.65. The van der Waals surface area contributed by atoms with Crippen molar-refractivity contribution in [1.29, 1.82) is 0 Å². The van der Waals surface area contributed by atoms with Gasteiger partial charge in [-0.1, -0.05) is 42.5 Å². The van der Waals surface area contributed by atoms with Gasteiger partial charge in [0.05, 0.1) is 11.8 Å². The Bertz CT molecular complexity index is 821. The maximum absolute atomic E-state index is 11.9. The first-order chi connectivity index (χ1) is 12.8. The lowest BCUT2D eigenvalue weighted by atomic mass is 10.1. The van der Waals surface area contributed by atoms with Gasteiger partial charge in [-0.05, 0) is 36.1 Å². The zero-order valence-electron chi connectivity index (χ0n) is 15.4. The van der Waals surface area contributed by atoms with E-state index in [1.54, 1.807) is 0 Å². The van der Waals surface area contributed by atoms with Crippen LogP contribution in [0.3, 0.4) is 0 Å². The predicted octanol–water partition coefficient (Wildman–Crippen LogP) is 1.69.